The van der Waals surface area contributed by atoms with E-state index in [0.29, 0.717) is 10.9 Å². The first-order valence-corrected chi connectivity index (χ1v) is 5.06. The number of rotatable bonds is 1. The first kappa shape index (κ1) is 9.08. The predicted molar refractivity (Wildman–Crippen MR) is 61.8 cm³/mol. The zero-order valence-corrected chi connectivity index (χ0v) is 8.51. The zero-order valence-electron chi connectivity index (χ0n) is 7.69. The fourth-order valence-corrected chi connectivity index (χ4v) is 1.81. The van der Waals surface area contributed by atoms with Crippen LogP contribution in [0.2, 0.25) is 0 Å². The molecule has 0 saturated carbocycles. The normalized spacial score (nSPS) is 10.3. The molecule has 3 N–H and O–H groups in total. The molecule has 70 valence electrons. The zero-order chi connectivity index (χ0) is 10.1. The van der Waals surface area contributed by atoms with Crippen LogP contribution in [0.25, 0.3) is 11.3 Å². The molecule has 0 aliphatic carbocycles. The Bertz CT molecular complexity index is 470. The smallest absolute Gasteiger partial charge is 0.180 e. The molecular formula is C9H9BN2OS. The summed E-state index contributed by atoms with van der Waals surface area (Å²) in [5.74, 6) is 0.303. The summed E-state index contributed by atoms with van der Waals surface area (Å²) in [5.41, 5.74) is 8.22. The molecule has 1 heterocycles. The van der Waals surface area contributed by atoms with Gasteiger partial charge >= 0.3 is 0 Å². The summed E-state index contributed by atoms with van der Waals surface area (Å²) < 4.78 is 0. The Morgan fingerprint density at radius 1 is 1.43 bits per heavy atom. The van der Waals surface area contributed by atoms with Gasteiger partial charge in [-0.15, -0.1) is 11.3 Å². The van der Waals surface area contributed by atoms with Gasteiger partial charge in [-0.2, -0.15) is 0 Å². The number of nitrogen functional groups attached to an aromatic ring is 1. The van der Waals surface area contributed by atoms with E-state index in [9.17, 15) is 5.11 Å². The number of nitrogens with two attached hydrogens (primary N) is 1. The second-order valence-corrected chi connectivity index (χ2v) is 3.96. The van der Waals surface area contributed by atoms with E-state index in [1.807, 2.05) is 25.4 Å². The molecule has 0 fully saturated rings. The molecule has 1 aromatic heterocycles. The highest BCUT2D eigenvalue weighted by Crippen LogP contribution is 2.23. The lowest BCUT2D eigenvalue weighted by Gasteiger charge is -2.01. The van der Waals surface area contributed by atoms with E-state index < -0.39 is 0 Å². The Morgan fingerprint density at radius 3 is 2.79 bits per heavy atom. The van der Waals surface area contributed by atoms with E-state index in [1.165, 1.54) is 11.3 Å². The molecule has 0 radical (unpaired) electrons. The summed E-state index contributed by atoms with van der Waals surface area (Å²) in [4.78, 5) is 4.17. The minimum absolute atomic E-state index is 0.303. The molecule has 0 unspecified atom stereocenters. The lowest BCUT2D eigenvalue weighted by atomic mass is 9.92. The molecule has 0 amide bonds. The molecule has 0 aliphatic rings. The van der Waals surface area contributed by atoms with Crippen molar-refractivity contribution >= 4 is 29.8 Å². The quantitative estimate of drug-likeness (QED) is 0.659. The number of benzene rings is 1. The standard InChI is InChI=1S/C9H9BN2OS/c10-6-3-5(1-2-8(6)13)7-4-14-9(11)12-7/h1-4,13H,10H2,(H2,11,12). The maximum atomic E-state index is 9.35. The van der Waals surface area contributed by atoms with Crippen molar-refractivity contribution in [1.82, 2.24) is 4.98 Å². The number of nitrogens with zero attached hydrogens (tertiary/aromatic N) is 1. The number of aromatic hydroxyl groups is 1. The van der Waals surface area contributed by atoms with Crippen molar-refractivity contribution in [3.63, 3.8) is 0 Å². The third-order valence-electron chi connectivity index (χ3n) is 2.01. The lowest BCUT2D eigenvalue weighted by molar-refractivity contribution is 0.479. The molecule has 0 saturated heterocycles. The minimum Gasteiger partial charge on any atom is -0.509 e. The Labute approximate surface area is 86.6 Å². The number of phenolic OH excluding ortho intramolecular Hbond substituents is 1. The summed E-state index contributed by atoms with van der Waals surface area (Å²) in [6, 6.07) is 5.39. The largest absolute Gasteiger partial charge is 0.509 e. The van der Waals surface area contributed by atoms with Gasteiger partial charge in [0, 0.05) is 10.9 Å². The van der Waals surface area contributed by atoms with Gasteiger partial charge in [0.05, 0.1) is 5.69 Å². The molecule has 3 nitrogen and oxygen atoms in total. The van der Waals surface area contributed by atoms with Crippen LogP contribution in [0.4, 0.5) is 5.13 Å². The van der Waals surface area contributed by atoms with Crippen molar-refractivity contribution in [2.24, 2.45) is 0 Å². The van der Waals surface area contributed by atoms with Gasteiger partial charge in [-0.05, 0) is 17.6 Å². The van der Waals surface area contributed by atoms with Crippen LogP contribution in [-0.4, -0.2) is 17.9 Å². The monoisotopic (exact) mass is 204 g/mol. The number of thiazole rings is 1. The summed E-state index contributed by atoms with van der Waals surface area (Å²) in [6.07, 6.45) is 0. The van der Waals surface area contributed by atoms with Crippen LogP contribution < -0.4 is 11.2 Å². The van der Waals surface area contributed by atoms with Crippen LogP contribution in [0.5, 0.6) is 5.75 Å². The number of anilines is 1. The minimum atomic E-state index is 0.303. The summed E-state index contributed by atoms with van der Waals surface area (Å²) in [5, 5.41) is 11.8. The fourth-order valence-electron chi connectivity index (χ4n) is 1.23. The van der Waals surface area contributed by atoms with E-state index in [4.69, 9.17) is 5.73 Å². The van der Waals surface area contributed by atoms with Crippen molar-refractivity contribution in [1.29, 1.82) is 0 Å². The molecule has 0 atom stereocenters. The number of aromatic nitrogens is 1. The van der Waals surface area contributed by atoms with E-state index in [1.54, 1.807) is 6.07 Å². The molecule has 0 spiro atoms. The third-order valence-corrected chi connectivity index (χ3v) is 2.69. The molecule has 5 heteroatoms. The second kappa shape index (κ2) is 3.34. The highest BCUT2D eigenvalue weighted by atomic mass is 32.1. The first-order valence-electron chi connectivity index (χ1n) is 4.18. The number of hydrogen-bond acceptors (Lipinski definition) is 4. The van der Waals surface area contributed by atoms with Crippen molar-refractivity contribution in [2.75, 3.05) is 5.73 Å². The van der Waals surface area contributed by atoms with Crippen molar-refractivity contribution < 1.29 is 5.11 Å². The van der Waals surface area contributed by atoms with Gasteiger partial charge in [-0.25, -0.2) is 4.98 Å². The third kappa shape index (κ3) is 1.58. The fraction of sp³-hybridized carbons (Fsp3) is 0. The van der Waals surface area contributed by atoms with Gasteiger partial charge < -0.3 is 10.8 Å². The first-order chi connectivity index (χ1) is 6.66. The molecular weight excluding hydrogens is 195 g/mol. The summed E-state index contributed by atoms with van der Waals surface area (Å²) >= 11 is 1.41. The molecule has 14 heavy (non-hydrogen) atoms. The maximum Gasteiger partial charge on any atom is 0.180 e. The molecule has 2 aromatic rings. The number of hydrogen-bond donors (Lipinski definition) is 2. The molecule has 1 aromatic carbocycles. The van der Waals surface area contributed by atoms with Crippen LogP contribution in [0.15, 0.2) is 23.6 Å². The highest BCUT2D eigenvalue weighted by Gasteiger charge is 2.03. The van der Waals surface area contributed by atoms with E-state index in [2.05, 4.69) is 4.98 Å². The van der Waals surface area contributed by atoms with E-state index >= 15 is 0 Å². The summed E-state index contributed by atoms with van der Waals surface area (Å²) in [6.45, 7) is 0. The average molecular weight is 204 g/mol. The lowest BCUT2D eigenvalue weighted by Crippen LogP contribution is -2.02. The molecule has 0 bridgehead atoms. The van der Waals surface area contributed by atoms with Crippen LogP contribution in [0, 0.1) is 0 Å². The second-order valence-electron chi connectivity index (χ2n) is 3.07. The Kier molecular flexibility index (Phi) is 2.17. The van der Waals surface area contributed by atoms with Crippen LogP contribution in [-0.2, 0) is 0 Å². The van der Waals surface area contributed by atoms with Crippen LogP contribution >= 0.6 is 11.3 Å². The van der Waals surface area contributed by atoms with E-state index in [-0.39, 0.29) is 0 Å². The van der Waals surface area contributed by atoms with Gasteiger partial charge in [0.1, 0.15) is 13.6 Å². The van der Waals surface area contributed by atoms with Crippen LogP contribution in [0.3, 0.4) is 0 Å². The van der Waals surface area contributed by atoms with Crippen LogP contribution in [0.1, 0.15) is 0 Å². The number of phenols is 1. The molecule has 0 aliphatic heterocycles. The predicted octanol–water partition coefficient (Wildman–Crippen LogP) is 0.356. The van der Waals surface area contributed by atoms with Gasteiger partial charge in [0.25, 0.3) is 0 Å². The Balaban J connectivity index is 2.47. The Hall–Kier alpha value is -1.49. The van der Waals surface area contributed by atoms with E-state index in [0.717, 1.165) is 16.7 Å². The van der Waals surface area contributed by atoms with Gasteiger partial charge in [0.2, 0.25) is 0 Å². The van der Waals surface area contributed by atoms with Crippen molar-refractivity contribution in [2.45, 2.75) is 0 Å². The Morgan fingerprint density at radius 2 is 2.21 bits per heavy atom. The highest BCUT2D eigenvalue weighted by molar-refractivity contribution is 7.13. The topological polar surface area (TPSA) is 59.1 Å². The van der Waals surface area contributed by atoms with Crippen molar-refractivity contribution in [3.8, 4) is 17.0 Å². The van der Waals surface area contributed by atoms with Gasteiger partial charge in [-0.3, -0.25) is 0 Å². The van der Waals surface area contributed by atoms with Crippen molar-refractivity contribution in [3.05, 3.63) is 23.6 Å². The maximum absolute atomic E-state index is 9.35. The van der Waals surface area contributed by atoms with Gasteiger partial charge in [0.15, 0.2) is 5.13 Å². The SMILES string of the molecule is Bc1cc(-c2csc(N)n2)ccc1O. The van der Waals surface area contributed by atoms with Gasteiger partial charge in [-0.1, -0.05) is 6.07 Å². The molecule has 2 rings (SSSR count). The average Bonchev–Trinajstić information content (AvgIpc) is 2.57. The summed E-state index contributed by atoms with van der Waals surface area (Å²) in [7, 11) is 1.86.